The summed E-state index contributed by atoms with van der Waals surface area (Å²) in [6, 6.07) is 17.6. The Morgan fingerprint density at radius 3 is 2.50 bits per heavy atom. The molecular formula is C15H15ClNO2S. The van der Waals surface area contributed by atoms with Gasteiger partial charge in [0.1, 0.15) is 0 Å². The van der Waals surface area contributed by atoms with Crippen molar-refractivity contribution in [3.05, 3.63) is 70.7 Å². The van der Waals surface area contributed by atoms with Crippen molar-refractivity contribution in [2.75, 3.05) is 5.75 Å². The Morgan fingerprint density at radius 2 is 1.85 bits per heavy atom. The normalized spacial score (nSPS) is 11.4. The van der Waals surface area contributed by atoms with Crippen LogP contribution in [0.15, 0.2) is 48.5 Å². The van der Waals surface area contributed by atoms with Crippen molar-refractivity contribution < 1.29 is 8.42 Å². The predicted molar refractivity (Wildman–Crippen MR) is 81.1 cm³/mol. The molecule has 2 aromatic carbocycles. The Labute approximate surface area is 124 Å². The highest BCUT2D eigenvalue weighted by Crippen LogP contribution is 2.09. The molecule has 2 aromatic rings. The molecule has 0 unspecified atom stereocenters. The molecule has 0 amide bonds. The molecule has 20 heavy (non-hydrogen) atoms. The van der Waals surface area contributed by atoms with Gasteiger partial charge in [0.25, 0.3) is 0 Å². The van der Waals surface area contributed by atoms with E-state index < -0.39 is 10.0 Å². The summed E-state index contributed by atoms with van der Waals surface area (Å²) in [6.07, 6.45) is 0.501. The van der Waals surface area contributed by atoms with Gasteiger partial charge in [0.05, 0.1) is 5.75 Å². The highest BCUT2D eigenvalue weighted by Gasteiger charge is 2.10. The third kappa shape index (κ3) is 4.96. The maximum atomic E-state index is 11.9. The van der Waals surface area contributed by atoms with Crippen molar-refractivity contribution in [3.8, 4) is 0 Å². The van der Waals surface area contributed by atoms with Gasteiger partial charge in [-0.3, -0.25) is 0 Å². The highest BCUT2D eigenvalue weighted by molar-refractivity contribution is 7.89. The zero-order chi connectivity index (χ0) is 14.4. The van der Waals surface area contributed by atoms with E-state index in [9.17, 15) is 8.42 Å². The zero-order valence-electron chi connectivity index (χ0n) is 10.8. The van der Waals surface area contributed by atoms with E-state index in [0.29, 0.717) is 11.4 Å². The largest absolute Gasteiger partial charge is 0.212 e. The fraction of sp³-hybridized carbons (Fsp3) is 0.200. The van der Waals surface area contributed by atoms with Crippen molar-refractivity contribution in [1.29, 1.82) is 0 Å². The van der Waals surface area contributed by atoms with Crippen LogP contribution in [0.1, 0.15) is 11.1 Å². The third-order valence-electron chi connectivity index (χ3n) is 2.82. The molecule has 5 heteroatoms. The van der Waals surface area contributed by atoms with Crippen molar-refractivity contribution in [2.24, 2.45) is 0 Å². The molecule has 0 heterocycles. The molecule has 105 valence electrons. The summed E-state index contributed by atoms with van der Waals surface area (Å²) in [6.45, 7) is 0.230. The number of hydrogen-bond donors (Lipinski definition) is 1. The molecule has 0 aromatic heterocycles. The number of aryl methyl sites for hydroxylation is 1. The number of hydrogen-bond acceptors (Lipinski definition) is 2. The molecule has 0 aliphatic rings. The molecule has 1 radical (unpaired) electrons. The monoisotopic (exact) mass is 308 g/mol. The Hall–Kier alpha value is -1.36. The number of halogens is 1. The predicted octanol–water partition coefficient (Wildman–Crippen LogP) is 2.80. The van der Waals surface area contributed by atoms with Gasteiger partial charge in [-0.25, -0.2) is 13.1 Å². The molecular weight excluding hydrogens is 294 g/mol. The Balaban J connectivity index is 1.86. The molecule has 1 N–H and O–H groups in total. The lowest BCUT2D eigenvalue weighted by Crippen LogP contribution is -2.26. The first-order valence-electron chi connectivity index (χ1n) is 6.22. The minimum Gasteiger partial charge on any atom is -0.212 e. The number of nitrogens with one attached hydrogen (secondary N) is 1. The quantitative estimate of drug-likeness (QED) is 0.892. The molecule has 0 atom stereocenters. The molecule has 0 spiro atoms. The van der Waals surface area contributed by atoms with Crippen LogP contribution >= 0.6 is 11.6 Å². The van der Waals surface area contributed by atoms with Gasteiger partial charge < -0.3 is 0 Å². The summed E-state index contributed by atoms with van der Waals surface area (Å²) in [4.78, 5) is 0. The van der Waals surface area contributed by atoms with Crippen LogP contribution in [0.3, 0.4) is 0 Å². The van der Waals surface area contributed by atoms with E-state index >= 15 is 0 Å². The van der Waals surface area contributed by atoms with Gasteiger partial charge in [-0.1, -0.05) is 48.0 Å². The van der Waals surface area contributed by atoms with Gasteiger partial charge in [-0.05, 0) is 35.7 Å². The minimum absolute atomic E-state index is 0.0740. The zero-order valence-corrected chi connectivity index (χ0v) is 12.4. The number of sulfonamides is 1. The van der Waals surface area contributed by atoms with Crippen molar-refractivity contribution in [3.63, 3.8) is 0 Å². The molecule has 3 nitrogen and oxygen atoms in total. The van der Waals surface area contributed by atoms with Crippen LogP contribution in [0.4, 0.5) is 0 Å². The molecule has 2 rings (SSSR count). The van der Waals surface area contributed by atoms with E-state index in [1.165, 1.54) is 0 Å². The van der Waals surface area contributed by atoms with Crippen LogP contribution in [0, 0.1) is 6.07 Å². The maximum Gasteiger partial charge on any atom is 0.212 e. The lowest BCUT2D eigenvalue weighted by atomic mass is 10.2. The minimum atomic E-state index is -3.29. The van der Waals surface area contributed by atoms with Crippen molar-refractivity contribution in [2.45, 2.75) is 13.0 Å². The summed E-state index contributed by atoms with van der Waals surface area (Å²) in [5.74, 6) is 0.0740. The second kappa shape index (κ2) is 6.88. The first-order valence-corrected chi connectivity index (χ1v) is 8.25. The third-order valence-corrected chi connectivity index (χ3v) is 4.38. The molecule has 0 saturated heterocycles. The highest BCUT2D eigenvalue weighted by atomic mass is 35.5. The SMILES string of the molecule is O=S(=O)(CCc1ccccc1)NCc1[c]cc(Cl)cc1. The average Bonchev–Trinajstić information content (AvgIpc) is 2.46. The lowest BCUT2D eigenvalue weighted by molar-refractivity contribution is 0.580. The number of rotatable bonds is 6. The van der Waals surface area contributed by atoms with Crippen LogP contribution in [-0.2, 0) is 23.0 Å². The Kier molecular flexibility index (Phi) is 5.17. The summed E-state index contributed by atoms with van der Waals surface area (Å²) < 4.78 is 26.3. The van der Waals surface area contributed by atoms with Gasteiger partial charge in [0.15, 0.2) is 0 Å². The van der Waals surface area contributed by atoms with Crippen LogP contribution in [0.2, 0.25) is 5.02 Å². The fourth-order valence-corrected chi connectivity index (χ4v) is 2.85. The second-order valence-electron chi connectivity index (χ2n) is 4.41. The van der Waals surface area contributed by atoms with E-state index in [-0.39, 0.29) is 12.3 Å². The summed E-state index contributed by atoms with van der Waals surface area (Å²) in [5, 5.41) is 0.584. The Bertz CT molecular complexity index is 639. The standard InChI is InChI=1S/C15H15ClNO2S/c16-15-8-6-14(7-9-15)12-17-20(18,19)11-10-13-4-2-1-3-5-13/h1-6,8-9,17H,10-12H2. The van der Waals surface area contributed by atoms with E-state index in [0.717, 1.165) is 11.1 Å². The molecule has 0 saturated carbocycles. The molecule has 0 bridgehead atoms. The van der Waals surface area contributed by atoms with Gasteiger partial charge >= 0.3 is 0 Å². The average molecular weight is 309 g/mol. The molecule has 0 fully saturated rings. The molecule has 0 aliphatic heterocycles. The summed E-state index contributed by atoms with van der Waals surface area (Å²) >= 11 is 5.75. The second-order valence-corrected chi connectivity index (χ2v) is 6.77. The van der Waals surface area contributed by atoms with Crippen molar-refractivity contribution >= 4 is 21.6 Å². The van der Waals surface area contributed by atoms with E-state index in [1.54, 1.807) is 18.2 Å². The van der Waals surface area contributed by atoms with Gasteiger partial charge in [0.2, 0.25) is 10.0 Å². The van der Waals surface area contributed by atoms with Crippen LogP contribution in [0.5, 0.6) is 0 Å². The Morgan fingerprint density at radius 1 is 1.10 bits per heavy atom. The van der Waals surface area contributed by atoms with Crippen LogP contribution < -0.4 is 4.72 Å². The smallest absolute Gasteiger partial charge is 0.212 e. The van der Waals surface area contributed by atoms with Crippen molar-refractivity contribution in [1.82, 2.24) is 4.72 Å². The lowest BCUT2D eigenvalue weighted by Gasteiger charge is -2.07. The fourth-order valence-electron chi connectivity index (χ4n) is 1.70. The van der Waals surface area contributed by atoms with E-state index in [2.05, 4.69) is 10.8 Å². The van der Waals surface area contributed by atoms with Gasteiger partial charge in [-0.15, -0.1) is 0 Å². The van der Waals surface area contributed by atoms with E-state index in [1.807, 2.05) is 30.3 Å². The number of benzene rings is 2. The first-order chi connectivity index (χ1) is 9.55. The summed E-state index contributed by atoms with van der Waals surface area (Å²) in [7, 11) is -3.29. The van der Waals surface area contributed by atoms with E-state index in [4.69, 9.17) is 11.6 Å². The topological polar surface area (TPSA) is 46.2 Å². The van der Waals surface area contributed by atoms with Gasteiger partial charge in [-0.2, -0.15) is 0 Å². The molecule has 0 aliphatic carbocycles. The van der Waals surface area contributed by atoms with Crippen LogP contribution in [-0.4, -0.2) is 14.2 Å². The first kappa shape index (κ1) is 15.0. The maximum absolute atomic E-state index is 11.9. The van der Waals surface area contributed by atoms with Gasteiger partial charge in [0, 0.05) is 11.6 Å². The van der Waals surface area contributed by atoms with Crippen LogP contribution in [0.25, 0.3) is 0 Å². The summed E-state index contributed by atoms with van der Waals surface area (Å²) in [5.41, 5.74) is 1.77.